The highest BCUT2D eigenvalue weighted by molar-refractivity contribution is 5.26. The third-order valence-electron chi connectivity index (χ3n) is 2.25. The minimum absolute atomic E-state index is 0.0348. The largest absolute Gasteiger partial charge is 0.473 e. The molecule has 0 fully saturated rings. The van der Waals surface area contributed by atoms with Crippen LogP contribution in [0.25, 0.3) is 0 Å². The molecule has 1 aromatic heterocycles. The highest BCUT2D eigenvalue weighted by atomic mass is 19.1. The highest BCUT2D eigenvalue weighted by Gasteiger charge is 2.12. The standard InChI is InChI=1S/C14H21FN2O/c1-5-6-7-18-13-11(8-12(15)10-16-13)9-17-14(2,3)4/h5-6,8,10,17H,7,9H2,1-4H3/b6-5+. The normalized spacial score (nSPS) is 12.1. The molecular formula is C14H21FN2O. The molecule has 1 aromatic rings. The van der Waals surface area contributed by atoms with Crippen LogP contribution in [0.4, 0.5) is 4.39 Å². The number of hydrogen-bond donors (Lipinski definition) is 1. The molecule has 0 spiro atoms. The fourth-order valence-corrected chi connectivity index (χ4v) is 1.31. The van der Waals surface area contributed by atoms with Gasteiger partial charge in [0.05, 0.1) is 6.20 Å². The molecule has 1 N–H and O–H groups in total. The van der Waals surface area contributed by atoms with Crippen molar-refractivity contribution in [3.05, 3.63) is 35.8 Å². The van der Waals surface area contributed by atoms with Gasteiger partial charge < -0.3 is 10.1 Å². The summed E-state index contributed by atoms with van der Waals surface area (Å²) < 4.78 is 18.7. The number of aromatic nitrogens is 1. The molecule has 0 aromatic carbocycles. The molecule has 0 aliphatic rings. The maximum atomic E-state index is 13.2. The number of nitrogens with one attached hydrogen (secondary N) is 1. The topological polar surface area (TPSA) is 34.1 Å². The number of ether oxygens (including phenoxy) is 1. The van der Waals surface area contributed by atoms with Gasteiger partial charge in [0.15, 0.2) is 0 Å². The van der Waals surface area contributed by atoms with E-state index in [1.54, 1.807) is 0 Å². The molecular weight excluding hydrogens is 231 g/mol. The summed E-state index contributed by atoms with van der Waals surface area (Å²) in [5, 5.41) is 3.29. The molecule has 0 unspecified atom stereocenters. The van der Waals surface area contributed by atoms with Crippen molar-refractivity contribution in [2.45, 2.75) is 39.8 Å². The summed E-state index contributed by atoms with van der Waals surface area (Å²) in [5.74, 6) is 0.130. The van der Waals surface area contributed by atoms with Crippen LogP contribution in [0, 0.1) is 5.82 Å². The zero-order valence-corrected chi connectivity index (χ0v) is 11.5. The average molecular weight is 252 g/mol. The van der Waals surface area contributed by atoms with E-state index in [-0.39, 0.29) is 11.4 Å². The van der Waals surface area contributed by atoms with Crippen LogP contribution in [0.3, 0.4) is 0 Å². The molecule has 3 nitrogen and oxygen atoms in total. The summed E-state index contributed by atoms with van der Waals surface area (Å²) in [6.07, 6.45) is 4.95. The number of nitrogens with zero attached hydrogens (tertiary/aromatic N) is 1. The van der Waals surface area contributed by atoms with Crippen LogP contribution in [-0.2, 0) is 6.54 Å². The Bertz CT molecular complexity index is 411. The Labute approximate surface area is 108 Å². The average Bonchev–Trinajstić information content (AvgIpc) is 2.28. The van der Waals surface area contributed by atoms with Crippen molar-refractivity contribution in [2.24, 2.45) is 0 Å². The van der Waals surface area contributed by atoms with E-state index in [2.05, 4.69) is 31.1 Å². The molecule has 0 amide bonds. The molecule has 0 saturated heterocycles. The van der Waals surface area contributed by atoms with E-state index in [1.807, 2.05) is 19.1 Å². The number of halogens is 1. The van der Waals surface area contributed by atoms with Gasteiger partial charge in [-0.1, -0.05) is 12.2 Å². The zero-order chi connectivity index (χ0) is 13.6. The van der Waals surface area contributed by atoms with Crippen LogP contribution in [0.1, 0.15) is 33.3 Å². The Balaban J connectivity index is 2.76. The lowest BCUT2D eigenvalue weighted by molar-refractivity contribution is 0.336. The van der Waals surface area contributed by atoms with Gasteiger partial charge in [0.25, 0.3) is 0 Å². The fraction of sp³-hybridized carbons (Fsp3) is 0.500. The Morgan fingerprint density at radius 3 is 2.78 bits per heavy atom. The maximum Gasteiger partial charge on any atom is 0.218 e. The molecule has 0 aliphatic carbocycles. The van der Waals surface area contributed by atoms with Gasteiger partial charge in [-0.2, -0.15) is 0 Å². The van der Waals surface area contributed by atoms with Crippen LogP contribution in [0.15, 0.2) is 24.4 Å². The SMILES string of the molecule is C/C=C/COc1ncc(F)cc1CNC(C)(C)C. The van der Waals surface area contributed by atoms with E-state index in [9.17, 15) is 4.39 Å². The van der Waals surface area contributed by atoms with Gasteiger partial charge in [-0.05, 0) is 33.8 Å². The predicted molar refractivity (Wildman–Crippen MR) is 71.1 cm³/mol. The molecule has 0 atom stereocenters. The van der Waals surface area contributed by atoms with Gasteiger partial charge in [0.2, 0.25) is 5.88 Å². The first-order valence-corrected chi connectivity index (χ1v) is 6.06. The van der Waals surface area contributed by atoms with E-state index >= 15 is 0 Å². The maximum absolute atomic E-state index is 13.2. The van der Waals surface area contributed by atoms with E-state index in [4.69, 9.17) is 4.74 Å². The second kappa shape index (κ2) is 6.50. The van der Waals surface area contributed by atoms with Crippen LogP contribution in [-0.4, -0.2) is 17.1 Å². The summed E-state index contributed by atoms with van der Waals surface area (Å²) in [7, 11) is 0. The van der Waals surface area contributed by atoms with Crippen LogP contribution in [0.5, 0.6) is 5.88 Å². The smallest absolute Gasteiger partial charge is 0.218 e. The first kappa shape index (κ1) is 14.6. The molecule has 0 saturated carbocycles. The molecule has 100 valence electrons. The minimum atomic E-state index is -0.348. The van der Waals surface area contributed by atoms with Crippen molar-refractivity contribution in [2.75, 3.05) is 6.61 Å². The third kappa shape index (κ3) is 5.27. The van der Waals surface area contributed by atoms with Crippen LogP contribution >= 0.6 is 0 Å². The van der Waals surface area contributed by atoms with Gasteiger partial charge in [0.1, 0.15) is 12.4 Å². The molecule has 0 aliphatic heterocycles. The predicted octanol–water partition coefficient (Wildman–Crippen LogP) is 3.06. The van der Waals surface area contributed by atoms with Crippen molar-refractivity contribution in [3.8, 4) is 5.88 Å². The van der Waals surface area contributed by atoms with Crippen molar-refractivity contribution in [1.82, 2.24) is 10.3 Å². The van der Waals surface area contributed by atoms with Crippen molar-refractivity contribution >= 4 is 0 Å². The molecule has 1 rings (SSSR count). The zero-order valence-electron chi connectivity index (χ0n) is 11.5. The van der Waals surface area contributed by atoms with Gasteiger partial charge in [0, 0.05) is 17.6 Å². The minimum Gasteiger partial charge on any atom is -0.473 e. The lowest BCUT2D eigenvalue weighted by atomic mass is 10.1. The third-order valence-corrected chi connectivity index (χ3v) is 2.25. The van der Waals surface area contributed by atoms with E-state index in [0.29, 0.717) is 19.0 Å². The van der Waals surface area contributed by atoms with E-state index in [0.717, 1.165) is 5.56 Å². The van der Waals surface area contributed by atoms with Crippen molar-refractivity contribution in [3.63, 3.8) is 0 Å². The number of rotatable bonds is 5. The van der Waals surface area contributed by atoms with Gasteiger partial charge >= 0.3 is 0 Å². The number of pyridine rings is 1. The Kier molecular flexibility index (Phi) is 5.28. The monoisotopic (exact) mass is 252 g/mol. The molecule has 0 radical (unpaired) electrons. The second-order valence-corrected chi connectivity index (χ2v) is 5.10. The summed E-state index contributed by atoms with van der Waals surface area (Å²) in [4.78, 5) is 3.98. The quantitative estimate of drug-likeness (QED) is 0.818. The fourth-order valence-electron chi connectivity index (χ4n) is 1.31. The molecule has 4 heteroatoms. The Morgan fingerprint density at radius 1 is 1.44 bits per heavy atom. The molecule has 18 heavy (non-hydrogen) atoms. The van der Waals surface area contributed by atoms with Gasteiger partial charge in [-0.3, -0.25) is 0 Å². The highest BCUT2D eigenvalue weighted by Crippen LogP contribution is 2.17. The van der Waals surface area contributed by atoms with Crippen molar-refractivity contribution < 1.29 is 9.13 Å². The second-order valence-electron chi connectivity index (χ2n) is 5.10. The summed E-state index contributed by atoms with van der Waals surface area (Å²) >= 11 is 0. The van der Waals surface area contributed by atoms with Crippen molar-refractivity contribution in [1.29, 1.82) is 0 Å². The summed E-state index contributed by atoms with van der Waals surface area (Å²) in [6.45, 7) is 9.06. The van der Waals surface area contributed by atoms with Crippen LogP contribution in [0.2, 0.25) is 0 Å². The van der Waals surface area contributed by atoms with E-state index in [1.165, 1.54) is 12.3 Å². The Hall–Kier alpha value is -1.42. The lowest BCUT2D eigenvalue weighted by Gasteiger charge is -2.21. The molecule has 0 bridgehead atoms. The first-order valence-electron chi connectivity index (χ1n) is 6.06. The lowest BCUT2D eigenvalue weighted by Crippen LogP contribution is -2.35. The van der Waals surface area contributed by atoms with Crippen LogP contribution < -0.4 is 10.1 Å². The summed E-state index contributed by atoms with van der Waals surface area (Å²) in [5.41, 5.74) is 0.696. The first-order chi connectivity index (χ1) is 8.42. The summed E-state index contributed by atoms with van der Waals surface area (Å²) in [6, 6.07) is 1.46. The molecule has 1 heterocycles. The number of hydrogen-bond acceptors (Lipinski definition) is 3. The Morgan fingerprint density at radius 2 is 2.17 bits per heavy atom. The number of allylic oxidation sites excluding steroid dienone is 1. The van der Waals surface area contributed by atoms with E-state index < -0.39 is 0 Å². The van der Waals surface area contributed by atoms with Gasteiger partial charge in [-0.25, -0.2) is 9.37 Å². The van der Waals surface area contributed by atoms with Gasteiger partial charge in [-0.15, -0.1) is 0 Å².